The fourth-order valence-electron chi connectivity index (χ4n) is 1.81. The summed E-state index contributed by atoms with van der Waals surface area (Å²) >= 11 is 0. The number of phenolic OH excluding ortho intramolecular Hbond substituents is 1. The number of aromatic nitrogens is 1. The number of hydrogen-bond acceptors (Lipinski definition) is 4. The van der Waals surface area contributed by atoms with Crippen LogP contribution in [0.1, 0.15) is 0 Å². The minimum Gasteiger partial charge on any atom is -0.508 e. The van der Waals surface area contributed by atoms with Crippen LogP contribution in [0.2, 0.25) is 0 Å². The van der Waals surface area contributed by atoms with Gasteiger partial charge in [-0.05, 0) is 30.3 Å². The Bertz CT molecular complexity index is 689. The highest BCUT2D eigenvalue weighted by molar-refractivity contribution is 5.93. The Morgan fingerprint density at radius 2 is 2.00 bits per heavy atom. The van der Waals surface area contributed by atoms with Gasteiger partial charge in [0.1, 0.15) is 11.3 Å². The monoisotopic (exact) mass is 226 g/mol. The standard InChI is InChI=1S/C13H10N2O2/c14-9-4-5-12-11(7-9)13(17-15-12)8-2-1-3-10(16)6-8/h1-7,16H,14H2. The van der Waals surface area contributed by atoms with Crippen molar-refractivity contribution in [1.82, 2.24) is 5.16 Å². The maximum absolute atomic E-state index is 9.45. The molecule has 0 saturated carbocycles. The lowest BCUT2D eigenvalue weighted by Crippen LogP contribution is -1.83. The van der Waals surface area contributed by atoms with Crippen LogP contribution in [0, 0.1) is 0 Å². The Hall–Kier alpha value is -2.49. The van der Waals surface area contributed by atoms with Crippen LogP contribution in [0.4, 0.5) is 5.69 Å². The van der Waals surface area contributed by atoms with Gasteiger partial charge in [0.2, 0.25) is 0 Å². The van der Waals surface area contributed by atoms with E-state index in [2.05, 4.69) is 5.16 Å². The molecule has 1 aromatic heterocycles. The highest BCUT2D eigenvalue weighted by atomic mass is 16.5. The van der Waals surface area contributed by atoms with Crippen molar-refractivity contribution in [3.05, 3.63) is 42.5 Å². The van der Waals surface area contributed by atoms with E-state index in [4.69, 9.17) is 10.3 Å². The molecule has 3 N–H and O–H groups in total. The molecule has 0 amide bonds. The molecule has 17 heavy (non-hydrogen) atoms. The first-order valence-electron chi connectivity index (χ1n) is 5.18. The van der Waals surface area contributed by atoms with Crippen LogP contribution in [0.3, 0.4) is 0 Å². The highest BCUT2D eigenvalue weighted by Crippen LogP contribution is 2.31. The molecule has 0 aliphatic heterocycles. The van der Waals surface area contributed by atoms with Crippen LogP contribution in [-0.2, 0) is 0 Å². The van der Waals surface area contributed by atoms with Gasteiger partial charge >= 0.3 is 0 Å². The quantitative estimate of drug-likeness (QED) is 0.626. The van der Waals surface area contributed by atoms with Gasteiger partial charge < -0.3 is 15.4 Å². The predicted molar refractivity (Wildman–Crippen MR) is 65.5 cm³/mol. The second-order valence-corrected chi connectivity index (χ2v) is 3.84. The number of benzene rings is 2. The molecule has 0 unspecified atom stereocenters. The Morgan fingerprint density at radius 3 is 2.82 bits per heavy atom. The van der Waals surface area contributed by atoms with Crippen LogP contribution < -0.4 is 5.73 Å². The molecule has 4 nitrogen and oxygen atoms in total. The third kappa shape index (κ3) is 1.59. The second-order valence-electron chi connectivity index (χ2n) is 3.84. The summed E-state index contributed by atoms with van der Waals surface area (Å²) in [4.78, 5) is 0. The summed E-state index contributed by atoms with van der Waals surface area (Å²) < 4.78 is 5.29. The van der Waals surface area contributed by atoms with Crippen LogP contribution in [0.25, 0.3) is 22.2 Å². The van der Waals surface area contributed by atoms with Crippen LogP contribution in [0.15, 0.2) is 47.0 Å². The number of anilines is 1. The summed E-state index contributed by atoms with van der Waals surface area (Å²) in [6.07, 6.45) is 0. The maximum Gasteiger partial charge on any atom is 0.174 e. The first-order chi connectivity index (χ1) is 8.24. The number of nitrogens with two attached hydrogens (primary N) is 1. The van der Waals surface area contributed by atoms with Gasteiger partial charge in [-0.25, -0.2) is 0 Å². The zero-order valence-corrected chi connectivity index (χ0v) is 8.92. The number of nitrogen functional groups attached to an aromatic ring is 1. The average Bonchev–Trinajstić information content (AvgIpc) is 2.71. The van der Waals surface area contributed by atoms with Gasteiger partial charge in [-0.15, -0.1) is 0 Å². The summed E-state index contributed by atoms with van der Waals surface area (Å²) in [6.45, 7) is 0. The molecular weight excluding hydrogens is 216 g/mol. The topological polar surface area (TPSA) is 72.3 Å². The first kappa shape index (κ1) is 9.72. The minimum atomic E-state index is 0.191. The summed E-state index contributed by atoms with van der Waals surface area (Å²) in [6, 6.07) is 12.2. The van der Waals surface area contributed by atoms with Crippen molar-refractivity contribution in [3.63, 3.8) is 0 Å². The summed E-state index contributed by atoms with van der Waals surface area (Å²) in [5.41, 5.74) is 7.92. The number of aromatic hydroxyl groups is 1. The Morgan fingerprint density at radius 1 is 1.12 bits per heavy atom. The highest BCUT2D eigenvalue weighted by Gasteiger charge is 2.11. The number of nitrogens with zero attached hydrogens (tertiary/aromatic N) is 1. The lowest BCUT2D eigenvalue weighted by molar-refractivity contribution is 0.440. The molecule has 0 aliphatic rings. The minimum absolute atomic E-state index is 0.191. The molecule has 2 aromatic carbocycles. The second kappa shape index (κ2) is 3.52. The summed E-state index contributed by atoms with van der Waals surface area (Å²) in [7, 11) is 0. The Kier molecular flexibility index (Phi) is 2.01. The Labute approximate surface area is 97.3 Å². The predicted octanol–water partition coefficient (Wildman–Crippen LogP) is 2.78. The molecule has 1 heterocycles. The van der Waals surface area contributed by atoms with E-state index in [1.54, 1.807) is 30.3 Å². The largest absolute Gasteiger partial charge is 0.508 e. The van der Waals surface area contributed by atoms with Crippen LogP contribution in [-0.4, -0.2) is 10.3 Å². The zero-order chi connectivity index (χ0) is 11.8. The molecule has 0 atom stereocenters. The smallest absolute Gasteiger partial charge is 0.174 e. The van der Waals surface area contributed by atoms with Gasteiger partial charge in [0.25, 0.3) is 0 Å². The van der Waals surface area contributed by atoms with Gasteiger partial charge in [0.05, 0.1) is 5.39 Å². The molecule has 84 valence electrons. The molecule has 0 fully saturated rings. The molecule has 3 rings (SSSR count). The van der Waals surface area contributed by atoms with Crippen molar-refractivity contribution in [2.75, 3.05) is 5.73 Å². The fraction of sp³-hybridized carbons (Fsp3) is 0. The van der Waals surface area contributed by atoms with Crippen LogP contribution in [0.5, 0.6) is 5.75 Å². The van der Waals surface area contributed by atoms with Crippen molar-refractivity contribution in [3.8, 4) is 17.1 Å². The van der Waals surface area contributed by atoms with E-state index in [0.717, 1.165) is 16.5 Å². The normalized spacial score (nSPS) is 10.8. The van der Waals surface area contributed by atoms with E-state index < -0.39 is 0 Å². The number of fused-ring (bicyclic) bond motifs is 1. The van der Waals surface area contributed by atoms with E-state index in [1.807, 2.05) is 12.1 Å². The zero-order valence-electron chi connectivity index (χ0n) is 8.92. The third-order valence-corrected chi connectivity index (χ3v) is 2.61. The maximum atomic E-state index is 9.45. The average molecular weight is 226 g/mol. The molecule has 0 saturated heterocycles. The third-order valence-electron chi connectivity index (χ3n) is 2.61. The van der Waals surface area contributed by atoms with E-state index in [0.29, 0.717) is 11.4 Å². The van der Waals surface area contributed by atoms with E-state index in [1.165, 1.54) is 0 Å². The van der Waals surface area contributed by atoms with Gasteiger partial charge in [-0.3, -0.25) is 0 Å². The van der Waals surface area contributed by atoms with E-state index >= 15 is 0 Å². The molecular formula is C13H10N2O2. The summed E-state index contributed by atoms with van der Waals surface area (Å²) in [5.74, 6) is 0.805. The molecule has 0 aliphatic carbocycles. The Balaban J connectivity index is 2.27. The first-order valence-corrected chi connectivity index (χ1v) is 5.18. The van der Waals surface area contributed by atoms with Crippen molar-refractivity contribution < 1.29 is 9.63 Å². The summed E-state index contributed by atoms with van der Waals surface area (Å²) in [5, 5.41) is 14.2. The van der Waals surface area contributed by atoms with Crippen molar-refractivity contribution >= 4 is 16.6 Å². The lowest BCUT2D eigenvalue weighted by atomic mass is 10.1. The van der Waals surface area contributed by atoms with Crippen LogP contribution >= 0.6 is 0 Å². The molecule has 3 aromatic rings. The van der Waals surface area contributed by atoms with Crippen molar-refractivity contribution in [2.45, 2.75) is 0 Å². The molecule has 0 radical (unpaired) electrons. The molecule has 0 spiro atoms. The molecule has 4 heteroatoms. The SMILES string of the molecule is Nc1ccc2noc(-c3cccc(O)c3)c2c1. The van der Waals surface area contributed by atoms with E-state index in [9.17, 15) is 5.11 Å². The van der Waals surface area contributed by atoms with Gasteiger partial charge in [0.15, 0.2) is 5.76 Å². The number of rotatable bonds is 1. The number of phenols is 1. The molecule has 0 bridgehead atoms. The van der Waals surface area contributed by atoms with Gasteiger partial charge in [-0.1, -0.05) is 17.3 Å². The van der Waals surface area contributed by atoms with Gasteiger partial charge in [-0.2, -0.15) is 0 Å². The van der Waals surface area contributed by atoms with Crippen molar-refractivity contribution in [2.24, 2.45) is 0 Å². The van der Waals surface area contributed by atoms with Crippen molar-refractivity contribution in [1.29, 1.82) is 0 Å². The van der Waals surface area contributed by atoms with Gasteiger partial charge in [0, 0.05) is 11.3 Å². The lowest BCUT2D eigenvalue weighted by Gasteiger charge is -1.98. The fourth-order valence-corrected chi connectivity index (χ4v) is 1.81. The van der Waals surface area contributed by atoms with E-state index in [-0.39, 0.29) is 5.75 Å². The number of hydrogen-bond donors (Lipinski definition) is 2.